The van der Waals surface area contributed by atoms with Gasteiger partial charge in [0, 0.05) is 11.7 Å². The Kier molecular flexibility index (Phi) is 5.49. The van der Waals surface area contributed by atoms with E-state index in [2.05, 4.69) is 15.5 Å². The van der Waals surface area contributed by atoms with Crippen LogP contribution in [0.4, 0.5) is 5.69 Å². The first-order chi connectivity index (χ1) is 9.26. The largest absolute Gasteiger partial charge is 0.353 e. The van der Waals surface area contributed by atoms with Gasteiger partial charge in [-0.1, -0.05) is 0 Å². The van der Waals surface area contributed by atoms with E-state index in [0.717, 1.165) is 0 Å². The summed E-state index contributed by atoms with van der Waals surface area (Å²) in [4.78, 5) is 11.8. The highest BCUT2D eigenvalue weighted by Gasteiger charge is 2.22. The molecule has 0 radical (unpaired) electrons. The van der Waals surface area contributed by atoms with Gasteiger partial charge in [0.25, 0.3) is 0 Å². The summed E-state index contributed by atoms with van der Waals surface area (Å²) in [6.07, 6.45) is 0. The van der Waals surface area contributed by atoms with E-state index in [9.17, 15) is 13.2 Å². The molecule has 0 heterocycles. The van der Waals surface area contributed by atoms with Gasteiger partial charge in [0.15, 0.2) is 0 Å². The van der Waals surface area contributed by atoms with Crippen LogP contribution in [0.5, 0.6) is 0 Å². The summed E-state index contributed by atoms with van der Waals surface area (Å²) < 4.78 is 26.5. The first-order valence-electron chi connectivity index (χ1n) is 6.15. The van der Waals surface area contributed by atoms with E-state index in [-0.39, 0.29) is 16.8 Å². The molecule has 1 atom stereocenters. The molecular formula is C12H20N4O3S. The summed E-state index contributed by atoms with van der Waals surface area (Å²) in [5.41, 5.74) is 3.00. The van der Waals surface area contributed by atoms with Crippen LogP contribution in [-0.2, 0) is 14.8 Å². The second-order valence-corrected chi connectivity index (χ2v) is 6.39. The summed E-state index contributed by atoms with van der Waals surface area (Å²) in [6.45, 7) is 5.10. The van der Waals surface area contributed by atoms with Crippen LogP contribution >= 0.6 is 0 Å². The molecular weight excluding hydrogens is 280 g/mol. The van der Waals surface area contributed by atoms with Crippen molar-refractivity contribution in [3.05, 3.63) is 24.3 Å². The van der Waals surface area contributed by atoms with Crippen LogP contribution in [0.1, 0.15) is 20.8 Å². The summed E-state index contributed by atoms with van der Waals surface area (Å²) >= 11 is 0. The minimum absolute atomic E-state index is 0.0515. The van der Waals surface area contributed by atoms with Crippen LogP contribution in [-0.4, -0.2) is 26.4 Å². The van der Waals surface area contributed by atoms with Crippen molar-refractivity contribution in [2.24, 2.45) is 5.84 Å². The first-order valence-corrected chi connectivity index (χ1v) is 7.64. The zero-order chi connectivity index (χ0) is 15.3. The number of benzene rings is 1. The third kappa shape index (κ3) is 4.48. The maximum Gasteiger partial charge on any atom is 0.241 e. The van der Waals surface area contributed by atoms with E-state index in [1.54, 1.807) is 13.8 Å². The monoisotopic (exact) mass is 300 g/mol. The summed E-state index contributed by atoms with van der Waals surface area (Å²) in [5.74, 6) is 4.84. The summed E-state index contributed by atoms with van der Waals surface area (Å²) in [5, 5.41) is 2.64. The number of nitrogens with two attached hydrogens (primary N) is 1. The maximum absolute atomic E-state index is 12.1. The fourth-order valence-corrected chi connectivity index (χ4v) is 2.70. The van der Waals surface area contributed by atoms with Gasteiger partial charge in [-0.25, -0.2) is 8.42 Å². The lowest BCUT2D eigenvalue weighted by molar-refractivity contribution is -0.122. The van der Waals surface area contributed by atoms with E-state index in [1.165, 1.54) is 31.2 Å². The molecule has 0 saturated carbocycles. The number of rotatable bonds is 6. The zero-order valence-corrected chi connectivity index (χ0v) is 12.5. The quantitative estimate of drug-likeness (QED) is 0.441. The Morgan fingerprint density at radius 1 is 1.15 bits per heavy atom. The number of hydrogen-bond acceptors (Lipinski definition) is 5. The minimum Gasteiger partial charge on any atom is -0.353 e. The van der Waals surface area contributed by atoms with Crippen LogP contribution in [0.2, 0.25) is 0 Å². The van der Waals surface area contributed by atoms with Crippen LogP contribution in [0.15, 0.2) is 29.2 Å². The van der Waals surface area contributed by atoms with Crippen LogP contribution in [0.3, 0.4) is 0 Å². The van der Waals surface area contributed by atoms with Crippen molar-refractivity contribution in [2.45, 2.75) is 37.8 Å². The number of amides is 1. The SMILES string of the molecule is CC(C)NC(=O)C(C)NS(=O)(=O)c1ccc(NN)cc1. The smallest absolute Gasteiger partial charge is 0.241 e. The maximum atomic E-state index is 12.1. The normalized spacial score (nSPS) is 13.1. The topological polar surface area (TPSA) is 113 Å². The molecule has 0 spiro atoms. The number of nitrogen functional groups attached to an aromatic ring is 1. The molecule has 1 aromatic rings. The third-order valence-electron chi connectivity index (χ3n) is 2.49. The number of anilines is 1. The predicted molar refractivity (Wildman–Crippen MR) is 77.3 cm³/mol. The van der Waals surface area contributed by atoms with Crippen LogP contribution < -0.4 is 21.3 Å². The predicted octanol–water partition coefficient (Wildman–Crippen LogP) is 0.164. The molecule has 0 aliphatic rings. The van der Waals surface area contributed by atoms with E-state index >= 15 is 0 Å². The summed E-state index contributed by atoms with van der Waals surface area (Å²) in [7, 11) is -3.74. The van der Waals surface area contributed by atoms with Crippen molar-refractivity contribution in [2.75, 3.05) is 5.43 Å². The average molecular weight is 300 g/mol. The Morgan fingerprint density at radius 2 is 1.70 bits per heavy atom. The highest BCUT2D eigenvalue weighted by molar-refractivity contribution is 7.89. The third-order valence-corrected chi connectivity index (χ3v) is 4.04. The Bertz CT molecular complexity index is 555. The van der Waals surface area contributed by atoms with E-state index in [1.807, 2.05) is 0 Å². The highest BCUT2D eigenvalue weighted by Crippen LogP contribution is 2.13. The highest BCUT2D eigenvalue weighted by atomic mass is 32.2. The van der Waals surface area contributed by atoms with Crippen LogP contribution in [0.25, 0.3) is 0 Å². The second kappa shape index (κ2) is 6.69. The molecule has 0 aliphatic carbocycles. The molecule has 0 aliphatic heterocycles. The molecule has 112 valence electrons. The lowest BCUT2D eigenvalue weighted by Gasteiger charge is -2.16. The van der Waals surface area contributed by atoms with E-state index in [0.29, 0.717) is 5.69 Å². The molecule has 0 aromatic heterocycles. The van der Waals surface area contributed by atoms with E-state index in [4.69, 9.17) is 5.84 Å². The number of hydrazine groups is 1. The van der Waals surface area contributed by atoms with Gasteiger partial charge in [-0.05, 0) is 45.0 Å². The first kappa shape index (κ1) is 16.4. The van der Waals surface area contributed by atoms with E-state index < -0.39 is 16.1 Å². The number of sulfonamides is 1. The molecule has 20 heavy (non-hydrogen) atoms. The Labute approximate surface area is 119 Å². The molecule has 1 aromatic carbocycles. The molecule has 0 saturated heterocycles. The molecule has 1 rings (SSSR count). The van der Waals surface area contributed by atoms with Crippen molar-refractivity contribution in [1.82, 2.24) is 10.0 Å². The number of hydrogen-bond donors (Lipinski definition) is 4. The van der Waals surface area contributed by atoms with Gasteiger partial charge in [0.1, 0.15) is 0 Å². The van der Waals surface area contributed by atoms with Crippen molar-refractivity contribution < 1.29 is 13.2 Å². The zero-order valence-electron chi connectivity index (χ0n) is 11.7. The number of nitrogens with one attached hydrogen (secondary N) is 3. The van der Waals surface area contributed by atoms with Gasteiger partial charge in [-0.2, -0.15) is 4.72 Å². The lowest BCUT2D eigenvalue weighted by Crippen LogP contribution is -2.46. The molecule has 7 nitrogen and oxygen atoms in total. The van der Waals surface area contributed by atoms with Crippen molar-refractivity contribution >= 4 is 21.6 Å². The van der Waals surface area contributed by atoms with Gasteiger partial charge in [-0.15, -0.1) is 0 Å². The number of carbonyl (C=O) groups excluding carboxylic acids is 1. The second-order valence-electron chi connectivity index (χ2n) is 4.67. The Hall–Kier alpha value is -1.64. The van der Waals surface area contributed by atoms with Crippen molar-refractivity contribution in [1.29, 1.82) is 0 Å². The standard InChI is InChI=1S/C12H20N4O3S/c1-8(2)14-12(17)9(3)16-20(18,19)11-6-4-10(15-13)5-7-11/h4-9,15-16H,13H2,1-3H3,(H,14,17). The number of carbonyl (C=O) groups is 1. The molecule has 5 N–H and O–H groups in total. The lowest BCUT2D eigenvalue weighted by atomic mass is 10.3. The van der Waals surface area contributed by atoms with Crippen molar-refractivity contribution in [3.63, 3.8) is 0 Å². The van der Waals surface area contributed by atoms with Gasteiger partial charge >= 0.3 is 0 Å². The average Bonchev–Trinajstić information content (AvgIpc) is 2.37. The minimum atomic E-state index is -3.74. The van der Waals surface area contributed by atoms with Gasteiger partial charge in [0.2, 0.25) is 15.9 Å². The fourth-order valence-electron chi connectivity index (χ4n) is 1.49. The molecule has 0 fully saturated rings. The summed E-state index contributed by atoms with van der Waals surface area (Å²) in [6, 6.07) is 4.98. The van der Waals surface area contributed by atoms with Crippen molar-refractivity contribution in [3.8, 4) is 0 Å². The van der Waals surface area contributed by atoms with Gasteiger partial charge in [-0.3, -0.25) is 10.6 Å². The Balaban J connectivity index is 2.80. The van der Waals surface area contributed by atoms with Gasteiger partial charge in [0.05, 0.1) is 10.9 Å². The molecule has 8 heteroatoms. The molecule has 0 bridgehead atoms. The van der Waals surface area contributed by atoms with Gasteiger partial charge < -0.3 is 10.7 Å². The Morgan fingerprint density at radius 3 is 2.15 bits per heavy atom. The molecule has 1 unspecified atom stereocenters. The fraction of sp³-hybridized carbons (Fsp3) is 0.417. The molecule has 1 amide bonds. The van der Waals surface area contributed by atoms with Crippen LogP contribution in [0, 0.1) is 0 Å².